The van der Waals surface area contributed by atoms with Crippen LogP contribution in [-0.4, -0.2) is 110 Å². The number of aliphatic hydroxyl groups excluding tert-OH is 3. The average Bonchev–Trinajstić information content (AvgIpc) is 3.32. The third-order valence-electron chi connectivity index (χ3n) is 13.2. The summed E-state index contributed by atoms with van der Waals surface area (Å²) in [5, 5.41) is 34.1. The number of hydrogen-bond donors (Lipinski definition) is 3. The Hall–Kier alpha value is -3.59. The minimum absolute atomic E-state index is 0.0617. The lowest BCUT2D eigenvalue weighted by Crippen LogP contribution is -2.70. The highest BCUT2D eigenvalue weighted by molar-refractivity contribution is 7.98. The molecule has 0 bridgehead atoms. The molecule has 0 saturated heterocycles. The molecule has 6 atom stereocenters. The molecule has 2 aromatic carbocycles. The van der Waals surface area contributed by atoms with Gasteiger partial charge in [-0.3, -0.25) is 4.90 Å². The highest BCUT2D eigenvalue weighted by Crippen LogP contribution is 2.62. The van der Waals surface area contributed by atoms with Gasteiger partial charge in [0.05, 0.1) is 44.7 Å². The van der Waals surface area contributed by atoms with Crippen LogP contribution in [0, 0.1) is 17.8 Å². The highest BCUT2D eigenvalue weighted by Gasteiger charge is 2.65. The molecular weight excluding hydrogens is 845 g/mol. The van der Waals surface area contributed by atoms with Crippen LogP contribution >= 0.6 is 11.8 Å². The number of amides is 1. The summed E-state index contributed by atoms with van der Waals surface area (Å²) >= 11 is 1.67. The molecule has 3 aliphatic rings. The first-order valence-electron chi connectivity index (χ1n) is 24.4. The molecule has 12 nitrogen and oxygen atoms in total. The summed E-state index contributed by atoms with van der Waals surface area (Å²) < 4.78 is 32.9. The number of aliphatic hydroxyl groups is 3. The van der Waals surface area contributed by atoms with Crippen molar-refractivity contribution >= 4 is 23.6 Å². The average molecular weight is 923 g/mol. The maximum absolute atomic E-state index is 14.6. The molecule has 0 radical (unpaired) electrons. The molecule has 0 spiro atoms. The van der Waals surface area contributed by atoms with E-state index in [1.165, 1.54) is 44.9 Å². The molecular formula is C52H78N2O10S. The van der Waals surface area contributed by atoms with Crippen LogP contribution in [0.3, 0.4) is 0 Å². The van der Waals surface area contributed by atoms with Gasteiger partial charge in [-0.2, -0.15) is 0 Å². The Morgan fingerprint density at radius 3 is 2.23 bits per heavy atom. The van der Waals surface area contributed by atoms with Gasteiger partial charge in [0.25, 0.3) is 0 Å². The van der Waals surface area contributed by atoms with Crippen molar-refractivity contribution in [3.05, 3.63) is 72.3 Å². The first-order chi connectivity index (χ1) is 31.9. The van der Waals surface area contributed by atoms with Gasteiger partial charge in [-0.25, -0.2) is 4.79 Å². The monoisotopic (exact) mass is 923 g/mol. The molecule has 2 aliphatic carbocycles. The summed E-state index contributed by atoms with van der Waals surface area (Å²) in [6.45, 7) is 7.20. The van der Waals surface area contributed by atoms with E-state index in [1.807, 2.05) is 42.7 Å². The van der Waals surface area contributed by atoms with Crippen molar-refractivity contribution in [3.8, 4) is 17.2 Å². The second-order valence-electron chi connectivity index (χ2n) is 17.6. The smallest absolute Gasteiger partial charge is 0.410 e. The molecule has 1 saturated carbocycles. The first-order valence-corrected chi connectivity index (χ1v) is 25.7. The van der Waals surface area contributed by atoms with E-state index in [4.69, 9.17) is 28.5 Å². The van der Waals surface area contributed by atoms with Crippen LogP contribution in [0.25, 0.3) is 0 Å². The van der Waals surface area contributed by atoms with Gasteiger partial charge in [-0.15, -0.1) is 18.3 Å². The second kappa shape index (κ2) is 28.6. The van der Waals surface area contributed by atoms with Crippen molar-refractivity contribution in [1.29, 1.82) is 0 Å². The zero-order valence-corrected chi connectivity index (χ0v) is 40.3. The third-order valence-corrected chi connectivity index (χ3v) is 13.9. The van der Waals surface area contributed by atoms with Crippen LogP contribution in [0.2, 0.25) is 0 Å². The normalized spacial score (nSPS) is 22.6. The molecule has 3 N–H and O–H groups in total. The third kappa shape index (κ3) is 14.5. The number of fused-ring (bicyclic) bond motifs is 2. The van der Waals surface area contributed by atoms with E-state index >= 15 is 0 Å². The molecule has 1 heterocycles. The summed E-state index contributed by atoms with van der Waals surface area (Å²) in [6.07, 6.45) is 22.2. The molecule has 2 aromatic rings. The summed E-state index contributed by atoms with van der Waals surface area (Å²) in [6, 6.07) is 13.2. The SMILES string of the molecule is C=CCO[C@@]12Oc3ccc(Oc4ccc(SC)cc4)cc3[C@H]3[C@H](CCCCO)[C@@H](CCCCO)C=C(C(=NOC)C[C@@H]1N(CCOCCO)C(=O)OCCCCCCCCCCCC)[C@H]32. The van der Waals surface area contributed by atoms with Gasteiger partial charge in [-0.1, -0.05) is 94.9 Å². The maximum Gasteiger partial charge on any atom is 0.410 e. The number of thioether (sulfide) groups is 1. The Bertz CT molecular complexity index is 1770. The fourth-order valence-electron chi connectivity index (χ4n) is 10.1. The van der Waals surface area contributed by atoms with Crippen molar-refractivity contribution < 1.29 is 48.6 Å². The standard InChI is InChI=1S/C52H78N2O10S/c1-5-7-8-9-10-11-12-13-14-19-33-61-51(58)54(28-34-60-35-31-57)48-38-46(53-59-3)44-36-39(20-15-17-29-55)43(21-16-18-30-56)49-45-37-41(63-40-22-25-42(65-4)26-23-40)24-27-47(45)64-52(48,50(44)49)62-32-6-2/h6,22-27,36-37,39,43,48-50,55-57H,2,5,7-21,28-35,38H2,1,3-4H3/t39-,43+,48-,49+,50+,52+/m0/s1. The number of benzene rings is 2. The molecule has 1 fully saturated rings. The van der Waals surface area contributed by atoms with E-state index in [-0.39, 0.29) is 77.0 Å². The van der Waals surface area contributed by atoms with Crippen LogP contribution in [0.1, 0.15) is 128 Å². The summed E-state index contributed by atoms with van der Waals surface area (Å²) in [7, 11) is 1.54. The lowest BCUT2D eigenvalue weighted by atomic mass is 9.55. The lowest BCUT2D eigenvalue weighted by molar-refractivity contribution is -0.256. The highest BCUT2D eigenvalue weighted by atomic mass is 32.2. The van der Waals surface area contributed by atoms with Gasteiger partial charge in [0.1, 0.15) is 30.4 Å². The number of rotatable bonds is 32. The number of carbonyl (C=O) groups excluding carboxylic acids is 1. The van der Waals surface area contributed by atoms with E-state index < -0.39 is 23.8 Å². The van der Waals surface area contributed by atoms with Gasteiger partial charge in [-0.05, 0) is 98.2 Å². The number of nitrogens with zero attached hydrogens (tertiary/aromatic N) is 2. The molecule has 5 rings (SSSR count). The molecule has 1 aliphatic heterocycles. The number of ether oxygens (including phenoxy) is 5. The zero-order valence-electron chi connectivity index (χ0n) is 39.5. The predicted molar refractivity (Wildman–Crippen MR) is 258 cm³/mol. The fourth-order valence-corrected chi connectivity index (χ4v) is 10.5. The van der Waals surface area contributed by atoms with Gasteiger partial charge >= 0.3 is 6.09 Å². The lowest BCUT2D eigenvalue weighted by Gasteiger charge is -2.59. The number of allylic oxidation sites excluding steroid dienone is 1. The summed E-state index contributed by atoms with van der Waals surface area (Å²) in [5.41, 5.74) is 2.62. The van der Waals surface area contributed by atoms with Crippen LogP contribution in [0.5, 0.6) is 17.2 Å². The number of unbranched alkanes of at least 4 members (excludes halogenated alkanes) is 11. The molecule has 0 unspecified atom stereocenters. The fraction of sp³-hybridized carbons (Fsp3) is 0.654. The Kier molecular flexibility index (Phi) is 23.0. The molecule has 1 amide bonds. The minimum Gasteiger partial charge on any atom is -0.459 e. The Morgan fingerprint density at radius 1 is 0.877 bits per heavy atom. The van der Waals surface area contributed by atoms with Crippen LogP contribution in [0.4, 0.5) is 4.79 Å². The van der Waals surface area contributed by atoms with Crippen molar-refractivity contribution in [1.82, 2.24) is 4.90 Å². The van der Waals surface area contributed by atoms with E-state index in [9.17, 15) is 20.1 Å². The quantitative estimate of drug-likeness (QED) is 0.0279. The summed E-state index contributed by atoms with van der Waals surface area (Å²) in [5.74, 6) is 0.0708. The van der Waals surface area contributed by atoms with Gasteiger partial charge in [0.15, 0.2) is 0 Å². The van der Waals surface area contributed by atoms with Gasteiger partial charge in [0.2, 0.25) is 5.79 Å². The Labute approximate surface area is 393 Å². The second-order valence-corrected chi connectivity index (χ2v) is 18.4. The Morgan fingerprint density at radius 2 is 1.57 bits per heavy atom. The van der Waals surface area contributed by atoms with Gasteiger partial charge in [0, 0.05) is 42.6 Å². The number of hydrogen-bond acceptors (Lipinski definition) is 12. The van der Waals surface area contributed by atoms with E-state index in [2.05, 4.69) is 30.8 Å². The van der Waals surface area contributed by atoms with E-state index in [0.717, 1.165) is 66.7 Å². The number of carbonyl (C=O) groups is 1. The first kappa shape index (κ1) is 52.4. The van der Waals surface area contributed by atoms with Crippen LogP contribution in [0.15, 0.2) is 76.8 Å². The largest absolute Gasteiger partial charge is 0.459 e. The van der Waals surface area contributed by atoms with E-state index in [0.29, 0.717) is 30.1 Å². The molecule has 65 heavy (non-hydrogen) atoms. The molecule has 362 valence electrons. The zero-order chi connectivity index (χ0) is 46.3. The summed E-state index contributed by atoms with van der Waals surface area (Å²) in [4.78, 5) is 23.1. The van der Waals surface area contributed by atoms with Crippen LogP contribution < -0.4 is 9.47 Å². The van der Waals surface area contributed by atoms with Crippen LogP contribution in [-0.2, 0) is 19.0 Å². The van der Waals surface area contributed by atoms with Crippen molar-refractivity contribution in [2.24, 2.45) is 22.9 Å². The maximum atomic E-state index is 14.6. The van der Waals surface area contributed by atoms with Crippen molar-refractivity contribution in [2.75, 3.05) is 66.2 Å². The van der Waals surface area contributed by atoms with Crippen molar-refractivity contribution in [2.45, 2.75) is 139 Å². The predicted octanol–water partition coefficient (Wildman–Crippen LogP) is 10.8. The number of oxime groups is 1. The Balaban J connectivity index is 1.57. The minimum atomic E-state index is -1.43. The topological polar surface area (TPSA) is 149 Å². The molecule has 0 aromatic heterocycles. The molecule has 13 heteroatoms. The van der Waals surface area contributed by atoms with Crippen molar-refractivity contribution in [3.63, 3.8) is 0 Å². The van der Waals surface area contributed by atoms with Gasteiger partial charge < -0.3 is 43.8 Å². The van der Waals surface area contributed by atoms with E-state index in [1.54, 1.807) is 29.8 Å².